The van der Waals surface area contributed by atoms with E-state index in [9.17, 15) is 18.0 Å². The highest BCUT2D eigenvalue weighted by molar-refractivity contribution is 6.04. The second kappa shape index (κ2) is 7.51. The van der Waals surface area contributed by atoms with E-state index >= 15 is 0 Å². The molecule has 1 saturated carbocycles. The minimum atomic E-state index is -4.48. The van der Waals surface area contributed by atoms with Gasteiger partial charge in [0, 0.05) is 12.1 Å². The number of alkyl halides is 3. The summed E-state index contributed by atoms with van der Waals surface area (Å²) in [5, 5.41) is 11.3. The predicted octanol–water partition coefficient (Wildman–Crippen LogP) is 4.07. The number of hydrogen-bond acceptors (Lipinski definition) is 4. The summed E-state index contributed by atoms with van der Waals surface area (Å²) in [6.07, 6.45) is 0.850. The molecule has 2 aromatic heterocycles. The van der Waals surface area contributed by atoms with Gasteiger partial charge in [-0.2, -0.15) is 23.4 Å². The molecule has 1 aliphatic rings. The highest BCUT2D eigenvalue weighted by Crippen LogP contribution is 2.33. The van der Waals surface area contributed by atoms with Gasteiger partial charge in [0.1, 0.15) is 5.82 Å². The number of hydrogen-bond donors (Lipinski definition) is 1. The second-order valence-corrected chi connectivity index (χ2v) is 7.29. The number of halogens is 3. The molecule has 7 nitrogen and oxygen atoms in total. The van der Waals surface area contributed by atoms with Gasteiger partial charge in [0.2, 0.25) is 0 Å². The molecule has 10 heteroatoms. The maximum absolute atomic E-state index is 13.0. The Balaban J connectivity index is 1.62. The quantitative estimate of drug-likeness (QED) is 0.654. The summed E-state index contributed by atoms with van der Waals surface area (Å²) < 4.78 is 47.2. The van der Waals surface area contributed by atoms with Crippen molar-refractivity contribution in [1.82, 2.24) is 19.6 Å². The van der Waals surface area contributed by atoms with Crippen molar-refractivity contribution in [3.8, 4) is 11.4 Å². The van der Waals surface area contributed by atoms with Crippen LogP contribution in [0.5, 0.6) is 5.75 Å². The third-order valence-corrected chi connectivity index (χ3v) is 4.94. The van der Waals surface area contributed by atoms with Gasteiger partial charge in [-0.3, -0.25) is 4.79 Å². The lowest BCUT2D eigenvalue weighted by molar-refractivity contribution is -0.137. The maximum atomic E-state index is 13.0. The molecular formula is C20H20F3N5O2. The van der Waals surface area contributed by atoms with Crippen molar-refractivity contribution in [2.75, 3.05) is 12.4 Å². The molecule has 1 amide bonds. The van der Waals surface area contributed by atoms with Crippen LogP contribution in [0.3, 0.4) is 0 Å². The average molecular weight is 419 g/mol. The summed E-state index contributed by atoms with van der Waals surface area (Å²) in [6, 6.07) is 4.69. The zero-order valence-corrected chi connectivity index (χ0v) is 16.4. The molecule has 1 fully saturated rings. The van der Waals surface area contributed by atoms with Crippen molar-refractivity contribution < 1.29 is 22.7 Å². The third kappa shape index (κ3) is 4.03. The first kappa shape index (κ1) is 20.0. The van der Waals surface area contributed by atoms with E-state index in [-0.39, 0.29) is 17.1 Å². The van der Waals surface area contributed by atoms with Gasteiger partial charge in [0.05, 0.1) is 30.8 Å². The number of carbonyl (C=O) groups is 1. The van der Waals surface area contributed by atoms with Crippen LogP contribution in [0, 0.1) is 12.8 Å². The molecule has 0 atom stereocenters. The van der Waals surface area contributed by atoms with Crippen LogP contribution in [0.1, 0.15) is 34.5 Å². The minimum Gasteiger partial charge on any atom is -0.493 e. The Kier molecular flexibility index (Phi) is 5.00. The first-order valence-electron chi connectivity index (χ1n) is 9.41. The second-order valence-electron chi connectivity index (χ2n) is 7.29. The molecule has 30 heavy (non-hydrogen) atoms. The van der Waals surface area contributed by atoms with E-state index in [1.54, 1.807) is 10.9 Å². The number of anilines is 1. The van der Waals surface area contributed by atoms with Crippen molar-refractivity contribution >= 4 is 11.7 Å². The van der Waals surface area contributed by atoms with Crippen LogP contribution < -0.4 is 10.1 Å². The smallest absolute Gasteiger partial charge is 0.416 e. The van der Waals surface area contributed by atoms with Crippen molar-refractivity contribution in [2.24, 2.45) is 5.92 Å². The third-order valence-electron chi connectivity index (χ3n) is 4.94. The van der Waals surface area contributed by atoms with E-state index in [0.717, 1.165) is 37.1 Å². The minimum absolute atomic E-state index is 0.0338. The fourth-order valence-electron chi connectivity index (χ4n) is 3.11. The van der Waals surface area contributed by atoms with Crippen molar-refractivity contribution in [2.45, 2.75) is 32.5 Å². The van der Waals surface area contributed by atoms with Gasteiger partial charge in [-0.15, -0.1) is 0 Å². The first-order valence-corrected chi connectivity index (χ1v) is 9.41. The number of nitrogens with zero attached hydrogens (tertiary/aromatic N) is 4. The van der Waals surface area contributed by atoms with Crippen LogP contribution in [0.2, 0.25) is 0 Å². The fraction of sp³-hybridized carbons (Fsp3) is 0.350. The Labute approximate surface area is 170 Å². The monoisotopic (exact) mass is 419 g/mol. The van der Waals surface area contributed by atoms with Crippen LogP contribution >= 0.6 is 0 Å². The van der Waals surface area contributed by atoms with E-state index in [2.05, 4.69) is 15.5 Å². The van der Waals surface area contributed by atoms with E-state index in [0.29, 0.717) is 11.7 Å². The maximum Gasteiger partial charge on any atom is 0.416 e. The SMILES string of the molecule is COc1cn(-c2cccc(C(F)(F)F)c2)nc1C(=O)Nc1c(C)cnn1CC1CC1. The number of ether oxygens (including phenoxy) is 1. The van der Waals surface area contributed by atoms with E-state index in [1.807, 2.05) is 6.92 Å². The van der Waals surface area contributed by atoms with Gasteiger partial charge in [-0.1, -0.05) is 6.07 Å². The summed E-state index contributed by atoms with van der Waals surface area (Å²) in [7, 11) is 1.37. The van der Waals surface area contributed by atoms with Gasteiger partial charge in [0.25, 0.3) is 5.91 Å². The van der Waals surface area contributed by atoms with E-state index < -0.39 is 17.6 Å². The molecule has 1 N–H and O–H groups in total. The molecule has 0 radical (unpaired) electrons. The molecule has 0 saturated heterocycles. The molecule has 158 valence electrons. The summed E-state index contributed by atoms with van der Waals surface area (Å²) in [4.78, 5) is 12.9. The summed E-state index contributed by atoms with van der Waals surface area (Å²) in [5.41, 5.74) is 0.131. The fourth-order valence-corrected chi connectivity index (χ4v) is 3.11. The van der Waals surface area contributed by atoms with Crippen LogP contribution in [0.4, 0.5) is 19.0 Å². The highest BCUT2D eigenvalue weighted by atomic mass is 19.4. The summed E-state index contributed by atoms with van der Waals surface area (Å²) in [6.45, 7) is 2.56. The van der Waals surface area contributed by atoms with E-state index in [4.69, 9.17) is 4.74 Å². The molecule has 1 aromatic carbocycles. The molecule has 0 bridgehead atoms. The van der Waals surface area contributed by atoms with Gasteiger partial charge in [0.15, 0.2) is 11.4 Å². The van der Waals surface area contributed by atoms with Gasteiger partial charge < -0.3 is 10.1 Å². The van der Waals surface area contributed by atoms with Crippen LogP contribution in [-0.2, 0) is 12.7 Å². The molecule has 0 spiro atoms. The van der Waals surface area contributed by atoms with Gasteiger partial charge >= 0.3 is 6.18 Å². The number of rotatable bonds is 6. The summed E-state index contributed by atoms with van der Waals surface area (Å²) >= 11 is 0. The Bertz CT molecular complexity index is 1080. The first-order chi connectivity index (χ1) is 14.3. The van der Waals surface area contributed by atoms with Gasteiger partial charge in [-0.05, 0) is 43.9 Å². The number of amides is 1. The Morgan fingerprint density at radius 2 is 2.10 bits per heavy atom. The highest BCUT2D eigenvalue weighted by Gasteiger charge is 2.31. The van der Waals surface area contributed by atoms with Crippen molar-refractivity contribution in [3.05, 3.63) is 53.5 Å². The molecule has 2 heterocycles. The van der Waals surface area contributed by atoms with Crippen LogP contribution in [0.25, 0.3) is 5.69 Å². The lowest BCUT2D eigenvalue weighted by Gasteiger charge is -2.09. The van der Waals surface area contributed by atoms with Crippen LogP contribution in [0.15, 0.2) is 36.7 Å². The number of methoxy groups -OCH3 is 1. The Morgan fingerprint density at radius 1 is 1.33 bits per heavy atom. The predicted molar refractivity (Wildman–Crippen MR) is 103 cm³/mol. The lowest BCUT2D eigenvalue weighted by Crippen LogP contribution is -2.18. The number of aromatic nitrogens is 4. The molecule has 3 aromatic rings. The molecular weight excluding hydrogens is 399 g/mol. The van der Waals surface area contributed by atoms with Crippen molar-refractivity contribution in [1.29, 1.82) is 0 Å². The number of benzene rings is 1. The molecule has 4 rings (SSSR count). The Morgan fingerprint density at radius 3 is 2.77 bits per heavy atom. The number of nitrogens with one attached hydrogen (secondary N) is 1. The standard InChI is InChI=1S/C20H20F3N5O2/c1-12-9-24-28(10-13-6-7-13)18(12)25-19(29)17-16(30-2)11-27(26-17)15-5-3-4-14(8-15)20(21,22)23/h3-5,8-9,11,13H,6-7,10H2,1-2H3,(H,25,29). The normalized spacial score (nSPS) is 14.0. The topological polar surface area (TPSA) is 74.0 Å². The molecule has 1 aliphatic carbocycles. The van der Waals surface area contributed by atoms with E-state index in [1.165, 1.54) is 30.1 Å². The molecule has 0 unspecified atom stereocenters. The average Bonchev–Trinajstić information content (AvgIpc) is 3.32. The van der Waals surface area contributed by atoms with Crippen molar-refractivity contribution in [3.63, 3.8) is 0 Å². The lowest BCUT2D eigenvalue weighted by atomic mass is 10.2. The zero-order chi connectivity index (χ0) is 21.5. The largest absolute Gasteiger partial charge is 0.493 e. The number of carbonyl (C=O) groups excluding carboxylic acids is 1. The zero-order valence-electron chi connectivity index (χ0n) is 16.4. The van der Waals surface area contributed by atoms with Gasteiger partial charge in [-0.25, -0.2) is 9.36 Å². The van der Waals surface area contributed by atoms with Crippen LogP contribution in [-0.4, -0.2) is 32.6 Å². The number of aryl methyl sites for hydroxylation is 1. The molecule has 0 aliphatic heterocycles. The summed E-state index contributed by atoms with van der Waals surface area (Å²) in [5.74, 6) is 0.756. The Hall–Kier alpha value is -3.30.